The molecule has 1 aromatic heterocycles. The molecule has 2 aromatic rings. The molecule has 0 saturated heterocycles. The zero-order valence-corrected chi connectivity index (χ0v) is 11.6. The van der Waals surface area contributed by atoms with Crippen LogP contribution in [0.1, 0.15) is 37.1 Å². The van der Waals surface area contributed by atoms with E-state index in [4.69, 9.17) is 11.6 Å². The van der Waals surface area contributed by atoms with Gasteiger partial charge in [0.25, 0.3) is 0 Å². The summed E-state index contributed by atoms with van der Waals surface area (Å²) in [5, 5.41) is 8.40. The normalized spacial score (nSPS) is 11.1. The van der Waals surface area contributed by atoms with E-state index >= 15 is 0 Å². The fraction of sp³-hybridized carbons (Fsp3) is 0.429. The van der Waals surface area contributed by atoms with Gasteiger partial charge in [-0.05, 0) is 25.8 Å². The molecule has 2 rings (SSSR count). The molecular formula is C14H18ClN3. The minimum absolute atomic E-state index is 0.347. The highest BCUT2D eigenvalue weighted by Gasteiger charge is 2.13. The molecule has 1 aromatic carbocycles. The van der Waals surface area contributed by atoms with Gasteiger partial charge in [0.1, 0.15) is 11.6 Å². The van der Waals surface area contributed by atoms with Crippen LogP contribution in [0.3, 0.4) is 0 Å². The summed E-state index contributed by atoms with van der Waals surface area (Å²) in [6.45, 7) is 4.26. The number of rotatable bonds is 5. The first-order chi connectivity index (χ1) is 8.72. The number of alkyl halides is 1. The van der Waals surface area contributed by atoms with E-state index in [9.17, 15) is 0 Å². The average molecular weight is 264 g/mol. The Labute approximate surface area is 113 Å². The highest BCUT2D eigenvalue weighted by molar-refractivity contribution is 6.16. The fourth-order valence-corrected chi connectivity index (χ4v) is 2.30. The number of hydrogen-bond donors (Lipinski definition) is 0. The number of aromatic nitrogens is 3. The van der Waals surface area contributed by atoms with Crippen LogP contribution in [-0.4, -0.2) is 14.8 Å². The van der Waals surface area contributed by atoms with E-state index in [0.717, 1.165) is 24.5 Å². The Morgan fingerprint density at radius 1 is 1.06 bits per heavy atom. The molecule has 0 saturated carbocycles. The Bertz CT molecular complexity index is 491. The molecule has 0 unspecified atom stereocenters. The van der Waals surface area contributed by atoms with Gasteiger partial charge in [0.05, 0.1) is 5.88 Å². The lowest BCUT2D eigenvalue weighted by molar-refractivity contribution is 0.550. The van der Waals surface area contributed by atoms with Gasteiger partial charge >= 0.3 is 0 Å². The maximum Gasteiger partial charge on any atom is 0.148 e. The van der Waals surface area contributed by atoms with Gasteiger partial charge in [-0.3, -0.25) is 0 Å². The van der Waals surface area contributed by atoms with E-state index in [0.29, 0.717) is 11.9 Å². The topological polar surface area (TPSA) is 30.7 Å². The fourth-order valence-electron chi connectivity index (χ4n) is 2.12. The van der Waals surface area contributed by atoms with Crippen molar-refractivity contribution < 1.29 is 0 Å². The molecule has 0 spiro atoms. The molecule has 0 aliphatic rings. The Kier molecular flexibility index (Phi) is 4.37. The maximum absolute atomic E-state index is 5.88. The summed E-state index contributed by atoms with van der Waals surface area (Å²) < 4.78 is 2.13. The van der Waals surface area contributed by atoms with Crippen molar-refractivity contribution in [3.05, 3.63) is 47.5 Å². The molecule has 18 heavy (non-hydrogen) atoms. The third-order valence-electron chi connectivity index (χ3n) is 2.95. The van der Waals surface area contributed by atoms with E-state index in [-0.39, 0.29) is 0 Å². The molecule has 0 amide bonds. The molecule has 96 valence electrons. The first-order valence-electron chi connectivity index (χ1n) is 6.25. The lowest BCUT2D eigenvalue weighted by Gasteiger charge is -2.12. The Balaban J connectivity index is 2.12. The van der Waals surface area contributed by atoms with Crippen LogP contribution >= 0.6 is 11.6 Å². The van der Waals surface area contributed by atoms with E-state index in [1.165, 1.54) is 5.56 Å². The smallest absolute Gasteiger partial charge is 0.148 e. The number of benzene rings is 1. The van der Waals surface area contributed by atoms with Gasteiger partial charge < -0.3 is 4.57 Å². The highest BCUT2D eigenvalue weighted by Crippen LogP contribution is 2.15. The molecule has 0 radical (unpaired) electrons. The molecule has 0 atom stereocenters. The lowest BCUT2D eigenvalue weighted by Crippen LogP contribution is -2.10. The number of nitrogens with zero attached hydrogens (tertiary/aromatic N) is 3. The summed E-state index contributed by atoms with van der Waals surface area (Å²) in [7, 11) is 0. The summed E-state index contributed by atoms with van der Waals surface area (Å²) in [6.07, 6.45) is 1.88. The Hall–Kier alpha value is -1.35. The Morgan fingerprint density at radius 3 is 2.33 bits per heavy atom. The molecule has 1 heterocycles. The van der Waals surface area contributed by atoms with Crippen molar-refractivity contribution in [2.45, 2.75) is 38.6 Å². The lowest BCUT2D eigenvalue weighted by atomic mass is 10.1. The predicted octanol–water partition coefficient (Wildman–Crippen LogP) is 3.38. The summed E-state index contributed by atoms with van der Waals surface area (Å²) >= 11 is 5.88. The van der Waals surface area contributed by atoms with Gasteiger partial charge in [0.15, 0.2) is 0 Å². The third kappa shape index (κ3) is 2.91. The van der Waals surface area contributed by atoms with Crippen LogP contribution in [0.5, 0.6) is 0 Å². The largest absolute Gasteiger partial charge is 0.311 e. The van der Waals surface area contributed by atoms with Crippen LogP contribution in [0.15, 0.2) is 30.3 Å². The average Bonchev–Trinajstić information content (AvgIpc) is 2.80. The van der Waals surface area contributed by atoms with Crippen LogP contribution in [-0.2, 0) is 18.7 Å². The zero-order chi connectivity index (χ0) is 13.0. The number of aryl methyl sites for hydroxylation is 2. The van der Waals surface area contributed by atoms with Crippen molar-refractivity contribution in [2.75, 3.05) is 0 Å². The highest BCUT2D eigenvalue weighted by atomic mass is 35.5. The van der Waals surface area contributed by atoms with Gasteiger partial charge in [0.2, 0.25) is 0 Å². The van der Waals surface area contributed by atoms with Crippen molar-refractivity contribution >= 4 is 11.6 Å². The van der Waals surface area contributed by atoms with Crippen LogP contribution in [0, 0.1) is 0 Å². The van der Waals surface area contributed by atoms with Crippen LogP contribution in [0.25, 0.3) is 0 Å². The van der Waals surface area contributed by atoms with E-state index in [1.807, 2.05) is 6.07 Å². The van der Waals surface area contributed by atoms with Gasteiger partial charge in [0, 0.05) is 12.5 Å². The quantitative estimate of drug-likeness (QED) is 0.775. The SMILES string of the molecule is CC(C)n1c(CCl)nnc1CCc1ccccc1. The number of halogens is 1. The first-order valence-corrected chi connectivity index (χ1v) is 6.78. The van der Waals surface area contributed by atoms with Crippen LogP contribution < -0.4 is 0 Å². The van der Waals surface area contributed by atoms with Crippen LogP contribution in [0.2, 0.25) is 0 Å². The minimum Gasteiger partial charge on any atom is -0.311 e. The molecule has 0 aliphatic carbocycles. The standard InChI is InChI=1S/C14H18ClN3/c1-11(2)18-13(16-17-14(18)10-15)9-8-12-6-4-3-5-7-12/h3-7,11H,8-10H2,1-2H3. The number of hydrogen-bond acceptors (Lipinski definition) is 2. The predicted molar refractivity (Wildman–Crippen MR) is 73.8 cm³/mol. The summed E-state index contributed by atoms with van der Waals surface area (Å²) in [5.74, 6) is 2.29. The van der Waals surface area contributed by atoms with Crippen molar-refractivity contribution in [3.8, 4) is 0 Å². The van der Waals surface area contributed by atoms with Gasteiger partial charge in [-0.1, -0.05) is 30.3 Å². The molecule has 4 heteroatoms. The van der Waals surface area contributed by atoms with Crippen molar-refractivity contribution in [3.63, 3.8) is 0 Å². The molecule has 0 N–H and O–H groups in total. The molecule has 0 bridgehead atoms. The molecule has 0 fully saturated rings. The minimum atomic E-state index is 0.347. The van der Waals surface area contributed by atoms with E-state index < -0.39 is 0 Å². The van der Waals surface area contributed by atoms with Gasteiger partial charge in [-0.15, -0.1) is 21.8 Å². The second-order valence-corrected chi connectivity index (χ2v) is 4.88. The molecule has 0 aliphatic heterocycles. The summed E-state index contributed by atoms with van der Waals surface area (Å²) in [6, 6.07) is 10.8. The monoisotopic (exact) mass is 263 g/mol. The van der Waals surface area contributed by atoms with Gasteiger partial charge in [-0.2, -0.15) is 0 Å². The second-order valence-electron chi connectivity index (χ2n) is 4.62. The molecular weight excluding hydrogens is 246 g/mol. The molecule has 3 nitrogen and oxygen atoms in total. The summed E-state index contributed by atoms with van der Waals surface area (Å²) in [4.78, 5) is 0. The van der Waals surface area contributed by atoms with E-state index in [1.54, 1.807) is 0 Å². The Morgan fingerprint density at radius 2 is 1.72 bits per heavy atom. The second kappa shape index (κ2) is 6.01. The third-order valence-corrected chi connectivity index (χ3v) is 3.19. The van der Waals surface area contributed by atoms with Crippen molar-refractivity contribution in [1.29, 1.82) is 0 Å². The maximum atomic E-state index is 5.88. The van der Waals surface area contributed by atoms with Crippen molar-refractivity contribution in [2.24, 2.45) is 0 Å². The van der Waals surface area contributed by atoms with Crippen molar-refractivity contribution in [1.82, 2.24) is 14.8 Å². The summed E-state index contributed by atoms with van der Waals surface area (Å²) in [5.41, 5.74) is 1.32. The van der Waals surface area contributed by atoms with Gasteiger partial charge in [-0.25, -0.2) is 0 Å². The van der Waals surface area contributed by atoms with E-state index in [2.05, 4.69) is 52.9 Å². The zero-order valence-electron chi connectivity index (χ0n) is 10.8. The van der Waals surface area contributed by atoms with Crippen LogP contribution in [0.4, 0.5) is 0 Å². The first kappa shape index (κ1) is 13.1.